The second kappa shape index (κ2) is 9.51. The minimum Gasteiger partial charge on any atom is -0.394 e. The number of ether oxygens (including phenoxy) is 1. The Labute approximate surface area is 207 Å². The number of carbonyl (C=O) groups excluding carboxylic acids is 1. The zero-order valence-electron chi connectivity index (χ0n) is 19.5. The maximum atomic E-state index is 12.3. The molecule has 3 N–H and O–H groups in total. The Morgan fingerprint density at radius 3 is 2.53 bits per heavy atom. The van der Waals surface area contributed by atoms with Crippen LogP contribution in [-0.4, -0.2) is 67.8 Å². The average molecular weight is 487 g/mol. The van der Waals surface area contributed by atoms with Gasteiger partial charge >= 0.3 is 6.03 Å². The van der Waals surface area contributed by atoms with Crippen LogP contribution < -0.4 is 15.5 Å². The summed E-state index contributed by atoms with van der Waals surface area (Å²) in [4.78, 5) is 28.3. The van der Waals surface area contributed by atoms with Crippen LogP contribution in [-0.2, 0) is 11.3 Å². The molecule has 184 valence electrons. The number of hydrogen-bond donors (Lipinski definition) is 3. The number of aliphatic hydroxyl groups excluding tert-OH is 1. The number of aromatic nitrogens is 5. The lowest BCUT2D eigenvalue weighted by Crippen LogP contribution is -2.43. The summed E-state index contributed by atoms with van der Waals surface area (Å²) < 4.78 is 7.73. The number of hydrogen-bond acceptors (Lipinski definition) is 8. The molecule has 2 aliphatic rings. The van der Waals surface area contributed by atoms with E-state index in [-0.39, 0.29) is 24.8 Å². The van der Waals surface area contributed by atoms with E-state index in [2.05, 4.69) is 25.6 Å². The van der Waals surface area contributed by atoms with Crippen LogP contribution in [0.15, 0.2) is 55.0 Å². The van der Waals surface area contributed by atoms with Crippen LogP contribution in [0.4, 0.5) is 22.0 Å². The number of morpholine rings is 1. The zero-order chi connectivity index (χ0) is 24.5. The first-order chi connectivity index (χ1) is 17.7. The van der Waals surface area contributed by atoms with Crippen molar-refractivity contribution in [3.63, 3.8) is 0 Å². The van der Waals surface area contributed by atoms with Gasteiger partial charge in [-0.15, -0.1) is 0 Å². The smallest absolute Gasteiger partial charge is 0.323 e. The van der Waals surface area contributed by atoms with E-state index in [0.29, 0.717) is 29.4 Å². The Morgan fingerprint density at radius 2 is 1.81 bits per heavy atom. The van der Waals surface area contributed by atoms with E-state index in [0.717, 1.165) is 42.7 Å². The van der Waals surface area contributed by atoms with E-state index in [4.69, 9.17) is 14.7 Å². The van der Waals surface area contributed by atoms with E-state index >= 15 is 0 Å². The molecule has 0 radical (unpaired) electrons. The number of rotatable bonds is 6. The molecule has 36 heavy (non-hydrogen) atoms. The number of fused-ring (bicyclic) bond motifs is 3. The van der Waals surface area contributed by atoms with Gasteiger partial charge in [0.2, 0.25) is 0 Å². The first-order valence-corrected chi connectivity index (χ1v) is 12.0. The first-order valence-electron chi connectivity index (χ1n) is 12.0. The fourth-order valence-electron chi connectivity index (χ4n) is 4.79. The highest BCUT2D eigenvalue weighted by Gasteiger charge is 2.35. The molecular formula is C25H26N8O3. The quantitative estimate of drug-likeness (QED) is 0.379. The monoisotopic (exact) mass is 486 g/mol. The topological polar surface area (TPSA) is 130 Å². The molecule has 2 aliphatic heterocycles. The maximum Gasteiger partial charge on any atom is 0.323 e. The number of carbonyl (C=O) groups is 1. The standard InChI is InChI=1S/C25H26N8O3/c34-11-10-33-24-21(13-27-33)23(32-14-19-7-8-20(15-32)36-19)30-22(31-24)16-3-5-17(6-4-16)28-25(35)29-18-2-1-9-26-12-18/h1-6,9,12-13,19-20,34H,7-8,10-11,14-15H2,(H2,28,29,35). The van der Waals surface area contributed by atoms with Crippen molar-refractivity contribution >= 4 is 34.3 Å². The molecule has 0 aliphatic carbocycles. The molecule has 2 bridgehead atoms. The number of pyridine rings is 1. The van der Waals surface area contributed by atoms with Gasteiger partial charge < -0.3 is 25.4 Å². The molecule has 3 aromatic heterocycles. The Balaban J connectivity index is 1.28. The fraction of sp³-hybridized carbons (Fsp3) is 0.320. The van der Waals surface area contributed by atoms with Gasteiger partial charge in [-0.1, -0.05) is 0 Å². The summed E-state index contributed by atoms with van der Waals surface area (Å²) in [6.07, 6.45) is 7.56. The van der Waals surface area contributed by atoms with Crippen molar-refractivity contribution in [2.45, 2.75) is 31.6 Å². The van der Waals surface area contributed by atoms with Crippen LogP contribution in [0.25, 0.3) is 22.4 Å². The van der Waals surface area contributed by atoms with Gasteiger partial charge in [-0.2, -0.15) is 5.10 Å². The molecule has 0 saturated carbocycles. The van der Waals surface area contributed by atoms with Crippen molar-refractivity contribution in [3.8, 4) is 11.4 Å². The number of nitrogens with one attached hydrogen (secondary N) is 2. The van der Waals surface area contributed by atoms with Crippen LogP contribution in [0.2, 0.25) is 0 Å². The van der Waals surface area contributed by atoms with Crippen LogP contribution in [0.3, 0.4) is 0 Å². The number of aliphatic hydroxyl groups is 1. The van der Waals surface area contributed by atoms with E-state index in [1.165, 1.54) is 0 Å². The Kier molecular flexibility index (Phi) is 5.91. The number of amides is 2. The van der Waals surface area contributed by atoms with Gasteiger partial charge in [0, 0.05) is 30.5 Å². The van der Waals surface area contributed by atoms with Gasteiger partial charge in [0.1, 0.15) is 5.82 Å². The molecule has 2 saturated heterocycles. The van der Waals surface area contributed by atoms with Crippen molar-refractivity contribution in [3.05, 3.63) is 55.0 Å². The van der Waals surface area contributed by atoms with E-state index in [1.54, 1.807) is 35.4 Å². The van der Waals surface area contributed by atoms with Gasteiger partial charge in [0.15, 0.2) is 11.5 Å². The summed E-state index contributed by atoms with van der Waals surface area (Å²) in [5.41, 5.74) is 2.73. The van der Waals surface area contributed by atoms with Gasteiger partial charge in [0.25, 0.3) is 0 Å². The molecule has 0 spiro atoms. The fourth-order valence-corrected chi connectivity index (χ4v) is 4.79. The molecule has 11 nitrogen and oxygen atoms in total. The van der Waals surface area contributed by atoms with Crippen molar-refractivity contribution < 1.29 is 14.6 Å². The molecular weight excluding hydrogens is 460 g/mol. The summed E-state index contributed by atoms with van der Waals surface area (Å²) in [6.45, 7) is 1.88. The highest BCUT2D eigenvalue weighted by Crippen LogP contribution is 2.33. The van der Waals surface area contributed by atoms with Gasteiger partial charge in [-0.25, -0.2) is 19.4 Å². The number of benzene rings is 1. The predicted molar refractivity (Wildman–Crippen MR) is 135 cm³/mol. The molecule has 2 atom stereocenters. The Morgan fingerprint density at radius 1 is 1.03 bits per heavy atom. The largest absolute Gasteiger partial charge is 0.394 e. The lowest BCUT2D eigenvalue weighted by Gasteiger charge is -2.33. The highest BCUT2D eigenvalue weighted by molar-refractivity contribution is 5.99. The average Bonchev–Trinajstić information content (AvgIpc) is 3.46. The third kappa shape index (κ3) is 4.45. The predicted octanol–water partition coefficient (Wildman–Crippen LogP) is 2.89. The number of nitrogens with zero attached hydrogens (tertiary/aromatic N) is 6. The third-order valence-corrected chi connectivity index (χ3v) is 6.45. The van der Waals surface area contributed by atoms with Crippen LogP contribution >= 0.6 is 0 Å². The highest BCUT2D eigenvalue weighted by atomic mass is 16.5. The summed E-state index contributed by atoms with van der Waals surface area (Å²) in [5.74, 6) is 1.39. The van der Waals surface area contributed by atoms with Crippen LogP contribution in [0.1, 0.15) is 12.8 Å². The lowest BCUT2D eigenvalue weighted by atomic mass is 10.2. The summed E-state index contributed by atoms with van der Waals surface area (Å²) in [5, 5.41) is 20.4. The van der Waals surface area contributed by atoms with E-state index in [1.807, 2.05) is 24.3 Å². The third-order valence-electron chi connectivity index (χ3n) is 6.45. The second-order valence-electron chi connectivity index (χ2n) is 8.96. The summed E-state index contributed by atoms with van der Waals surface area (Å²) >= 11 is 0. The summed E-state index contributed by atoms with van der Waals surface area (Å²) in [7, 11) is 0. The number of anilines is 3. The van der Waals surface area contributed by atoms with Gasteiger partial charge in [-0.3, -0.25) is 4.98 Å². The zero-order valence-corrected chi connectivity index (χ0v) is 19.5. The molecule has 2 amide bonds. The minimum absolute atomic E-state index is 0.0331. The SMILES string of the molecule is O=C(Nc1ccc(-c2nc(N3CC4CCC(C3)O4)c3cnn(CCO)c3n2)cc1)Nc1cccnc1. The van der Waals surface area contributed by atoms with Gasteiger partial charge in [0.05, 0.1) is 48.8 Å². The second-order valence-corrected chi connectivity index (χ2v) is 8.96. The molecule has 2 fully saturated rings. The van der Waals surface area contributed by atoms with E-state index < -0.39 is 0 Å². The molecule has 6 rings (SSSR count). The lowest BCUT2D eigenvalue weighted by molar-refractivity contribution is 0.0303. The van der Waals surface area contributed by atoms with Crippen LogP contribution in [0, 0.1) is 0 Å². The Hall–Kier alpha value is -4.09. The molecule has 1 aromatic carbocycles. The Bertz CT molecular complexity index is 1360. The molecule has 5 heterocycles. The number of urea groups is 1. The normalized spacial score (nSPS) is 19.0. The minimum atomic E-state index is -0.356. The van der Waals surface area contributed by atoms with Crippen molar-refractivity contribution in [1.82, 2.24) is 24.7 Å². The molecule has 4 aromatic rings. The van der Waals surface area contributed by atoms with Gasteiger partial charge in [-0.05, 0) is 49.2 Å². The first kappa shape index (κ1) is 22.4. The van der Waals surface area contributed by atoms with Crippen molar-refractivity contribution in [1.29, 1.82) is 0 Å². The maximum absolute atomic E-state index is 12.3. The van der Waals surface area contributed by atoms with Crippen molar-refractivity contribution in [2.75, 3.05) is 35.2 Å². The van der Waals surface area contributed by atoms with E-state index in [9.17, 15) is 9.90 Å². The van der Waals surface area contributed by atoms with Crippen LogP contribution in [0.5, 0.6) is 0 Å². The molecule has 2 unspecified atom stereocenters. The molecule has 11 heteroatoms. The summed E-state index contributed by atoms with van der Waals surface area (Å²) in [6, 6.07) is 10.5. The van der Waals surface area contributed by atoms with Crippen molar-refractivity contribution in [2.24, 2.45) is 0 Å².